The SMILES string of the molecule is CCCCCCCCOc1ccc(-c2ccc(C(=O)N[C@@H](C)C(=O)O)cc2)cc1. The van der Waals surface area contributed by atoms with Gasteiger partial charge in [0.2, 0.25) is 0 Å². The fraction of sp³-hybridized carbons (Fsp3) is 0.417. The van der Waals surface area contributed by atoms with Gasteiger partial charge in [-0.15, -0.1) is 0 Å². The molecule has 0 aliphatic heterocycles. The molecule has 0 saturated carbocycles. The first-order valence-electron chi connectivity index (χ1n) is 10.4. The average Bonchev–Trinajstić information content (AvgIpc) is 2.73. The Kier molecular flexibility index (Phi) is 9.22. The van der Waals surface area contributed by atoms with Crippen molar-refractivity contribution in [2.45, 2.75) is 58.4 Å². The van der Waals surface area contributed by atoms with Crippen LogP contribution in [0.1, 0.15) is 62.7 Å². The van der Waals surface area contributed by atoms with E-state index in [0.717, 1.165) is 29.9 Å². The van der Waals surface area contributed by atoms with E-state index in [9.17, 15) is 9.59 Å². The first-order valence-corrected chi connectivity index (χ1v) is 10.4. The Morgan fingerprint density at radius 3 is 2.03 bits per heavy atom. The van der Waals surface area contributed by atoms with Crippen LogP contribution in [0.4, 0.5) is 0 Å². The summed E-state index contributed by atoms with van der Waals surface area (Å²) in [5, 5.41) is 11.3. The molecule has 5 nitrogen and oxygen atoms in total. The number of rotatable bonds is 12. The molecule has 0 spiro atoms. The van der Waals surface area contributed by atoms with Crippen LogP contribution >= 0.6 is 0 Å². The summed E-state index contributed by atoms with van der Waals surface area (Å²) in [6.07, 6.45) is 7.46. The van der Waals surface area contributed by atoms with Gasteiger partial charge in [0.15, 0.2) is 0 Å². The van der Waals surface area contributed by atoms with Crippen LogP contribution in [-0.2, 0) is 4.79 Å². The van der Waals surface area contributed by atoms with Crippen molar-refractivity contribution in [1.29, 1.82) is 0 Å². The zero-order valence-corrected chi connectivity index (χ0v) is 17.3. The second-order valence-corrected chi connectivity index (χ2v) is 7.25. The van der Waals surface area contributed by atoms with Crippen molar-refractivity contribution < 1.29 is 19.4 Å². The average molecular weight is 398 g/mol. The minimum atomic E-state index is -1.06. The Hall–Kier alpha value is -2.82. The second-order valence-electron chi connectivity index (χ2n) is 7.25. The van der Waals surface area contributed by atoms with Crippen molar-refractivity contribution in [1.82, 2.24) is 5.32 Å². The molecule has 0 heterocycles. The van der Waals surface area contributed by atoms with E-state index in [1.807, 2.05) is 36.4 Å². The molecule has 0 aliphatic carbocycles. The Balaban J connectivity index is 1.83. The molecule has 0 bridgehead atoms. The van der Waals surface area contributed by atoms with E-state index in [-0.39, 0.29) is 0 Å². The van der Waals surface area contributed by atoms with Gasteiger partial charge >= 0.3 is 5.97 Å². The highest BCUT2D eigenvalue weighted by Crippen LogP contribution is 2.23. The van der Waals surface area contributed by atoms with Crippen molar-refractivity contribution in [3.05, 3.63) is 54.1 Å². The largest absolute Gasteiger partial charge is 0.494 e. The summed E-state index contributed by atoms with van der Waals surface area (Å²) in [6, 6.07) is 14.1. The maximum absolute atomic E-state index is 12.1. The van der Waals surface area contributed by atoms with Crippen molar-refractivity contribution in [2.24, 2.45) is 0 Å². The Morgan fingerprint density at radius 2 is 1.45 bits per heavy atom. The molecule has 0 aromatic heterocycles. The number of hydrogen-bond donors (Lipinski definition) is 2. The van der Waals surface area contributed by atoms with E-state index in [0.29, 0.717) is 5.56 Å². The number of hydrogen-bond acceptors (Lipinski definition) is 3. The molecule has 2 rings (SSSR count). The van der Waals surface area contributed by atoms with Crippen molar-refractivity contribution in [2.75, 3.05) is 6.61 Å². The van der Waals surface area contributed by atoms with Gasteiger partial charge < -0.3 is 15.2 Å². The first kappa shape index (κ1) is 22.5. The third-order valence-corrected chi connectivity index (χ3v) is 4.82. The normalized spacial score (nSPS) is 11.7. The van der Waals surface area contributed by atoms with Crippen LogP contribution in [0.3, 0.4) is 0 Å². The number of carbonyl (C=O) groups is 2. The van der Waals surface area contributed by atoms with Crippen LogP contribution in [-0.4, -0.2) is 29.6 Å². The summed E-state index contributed by atoms with van der Waals surface area (Å²) in [7, 11) is 0. The van der Waals surface area contributed by atoms with Gasteiger partial charge in [-0.2, -0.15) is 0 Å². The highest BCUT2D eigenvalue weighted by Gasteiger charge is 2.15. The Bertz CT molecular complexity index is 768. The van der Waals surface area contributed by atoms with Crippen LogP contribution in [0.5, 0.6) is 5.75 Å². The predicted octanol–water partition coefficient (Wildman–Crippen LogP) is 5.30. The summed E-state index contributed by atoms with van der Waals surface area (Å²) < 4.78 is 5.81. The second kappa shape index (κ2) is 11.9. The summed E-state index contributed by atoms with van der Waals surface area (Å²) in [4.78, 5) is 22.9. The topological polar surface area (TPSA) is 75.6 Å². The fourth-order valence-electron chi connectivity index (χ4n) is 2.97. The summed E-state index contributed by atoms with van der Waals surface area (Å²) in [6.45, 7) is 4.40. The van der Waals surface area contributed by atoms with Gasteiger partial charge in [0.05, 0.1) is 6.61 Å². The molecule has 29 heavy (non-hydrogen) atoms. The van der Waals surface area contributed by atoms with E-state index < -0.39 is 17.9 Å². The number of carbonyl (C=O) groups excluding carboxylic acids is 1. The first-order chi connectivity index (χ1) is 14.0. The highest BCUT2D eigenvalue weighted by molar-refractivity contribution is 5.96. The number of benzene rings is 2. The highest BCUT2D eigenvalue weighted by atomic mass is 16.5. The molecule has 0 radical (unpaired) electrons. The minimum Gasteiger partial charge on any atom is -0.494 e. The van der Waals surface area contributed by atoms with Gasteiger partial charge in [0.25, 0.3) is 5.91 Å². The van der Waals surface area contributed by atoms with Crippen molar-refractivity contribution in [3.63, 3.8) is 0 Å². The molecule has 2 aromatic carbocycles. The molecule has 0 aliphatic rings. The summed E-state index contributed by atoms with van der Waals surface area (Å²) in [5.41, 5.74) is 2.44. The number of unbranched alkanes of at least 4 members (excludes halogenated alkanes) is 5. The Morgan fingerprint density at radius 1 is 0.897 bits per heavy atom. The van der Waals surface area contributed by atoms with E-state index in [2.05, 4.69) is 12.2 Å². The molecule has 0 fully saturated rings. The van der Waals surface area contributed by atoms with Crippen molar-refractivity contribution >= 4 is 11.9 Å². The lowest BCUT2D eigenvalue weighted by Gasteiger charge is -2.10. The van der Waals surface area contributed by atoms with E-state index in [1.54, 1.807) is 12.1 Å². The van der Waals surface area contributed by atoms with Crippen LogP contribution in [0, 0.1) is 0 Å². The van der Waals surface area contributed by atoms with Gasteiger partial charge in [0, 0.05) is 5.56 Å². The molecule has 2 aromatic rings. The molecule has 1 amide bonds. The fourth-order valence-corrected chi connectivity index (χ4v) is 2.97. The Labute approximate surface area is 173 Å². The molecule has 0 saturated heterocycles. The maximum atomic E-state index is 12.1. The van der Waals surface area contributed by atoms with Gasteiger partial charge in [-0.05, 0) is 48.7 Å². The molecule has 5 heteroatoms. The number of aliphatic carboxylic acids is 1. The quantitative estimate of drug-likeness (QED) is 0.477. The smallest absolute Gasteiger partial charge is 0.325 e. The van der Waals surface area contributed by atoms with Crippen LogP contribution in [0.25, 0.3) is 11.1 Å². The maximum Gasteiger partial charge on any atom is 0.325 e. The lowest BCUT2D eigenvalue weighted by molar-refractivity contribution is -0.138. The molecular weight excluding hydrogens is 366 g/mol. The van der Waals surface area contributed by atoms with Gasteiger partial charge in [-0.3, -0.25) is 9.59 Å². The van der Waals surface area contributed by atoms with Crippen LogP contribution in [0.15, 0.2) is 48.5 Å². The summed E-state index contributed by atoms with van der Waals surface area (Å²) in [5.74, 6) is -0.598. The molecule has 0 unspecified atom stereocenters. The van der Waals surface area contributed by atoms with Crippen LogP contribution < -0.4 is 10.1 Å². The van der Waals surface area contributed by atoms with Gasteiger partial charge in [-0.25, -0.2) is 0 Å². The van der Waals surface area contributed by atoms with Crippen LogP contribution in [0.2, 0.25) is 0 Å². The molecular formula is C24H31NO4. The zero-order chi connectivity index (χ0) is 21.1. The predicted molar refractivity (Wildman–Crippen MR) is 115 cm³/mol. The van der Waals surface area contributed by atoms with Gasteiger partial charge in [0.1, 0.15) is 11.8 Å². The summed E-state index contributed by atoms with van der Waals surface area (Å²) >= 11 is 0. The molecule has 2 N–H and O–H groups in total. The van der Waals surface area contributed by atoms with Crippen molar-refractivity contribution in [3.8, 4) is 16.9 Å². The van der Waals surface area contributed by atoms with Gasteiger partial charge in [-0.1, -0.05) is 63.3 Å². The molecule has 1 atom stereocenters. The third-order valence-electron chi connectivity index (χ3n) is 4.82. The minimum absolute atomic E-state index is 0.398. The monoisotopic (exact) mass is 397 g/mol. The van der Waals surface area contributed by atoms with E-state index >= 15 is 0 Å². The lowest BCUT2D eigenvalue weighted by Crippen LogP contribution is -2.38. The van der Waals surface area contributed by atoms with E-state index in [4.69, 9.17) is 9.84 Å². The number of nitrogens with one attached hydrogen (secondary N) is 1. The number of amides is 1. The standard InChI is InChI=1S/C24H31NO4/c1-3-4-5-6-7-8-17-29-22-15-13-20(14-16-22)19-9-11-21(12-10-19)23(26)25-18(2)24(27)28/h9-16,18H,3-8,17H2,1-2H3,(H,25,26)(H,27,28)/t18-/m0/s1. The van der Waals surface area contributed by atoms with E-state index in [1.165, 1.54) is 39.0 Å². The number of ether oxygens (including phenoxy) is 1. The molecule has 156 valence electrons. The zero-order valence-electron chi connectivity index (χ0n) is 17.3. The lowest BCUT2D eigenvalue weighted by atomic mass is 10.0. The number of carboxylic acid groups (broad SMARTS) is 1. The third kappa shape index (κ3) is 7.60. The number of carboxylic acids is 1.